The maximum Gasteiger partial charge on any atom is 0.0814 e. The lowest BCUT2D eigenvalue weighted by atomic mass is 10.2. The molecule has 1 nitrogen and oxygen atoms in total. The van der Waals surface area contributed by atoms with Gasteiger partial charge >= 0.3 is 0 Å². The topological polar surface area (TPSA) is 17.1 Å². The van der Waals surface area contributed by atoms with Crippen molar-refractivity contribution in [2.45, 2.75) is 11.8 Å². The lowest BCUT2D eigenvalue weighted by Gasteiger charge is -2.02. The lowest BCUT2D eigenvalue weighted by molar-refractivity contribution is 0.687. The zero-order chi connectivity index (χ0) is 9.84. The van der Waals surface area contributed by atoms with Crippen LogP contribution in [0.25, 0.3) is 0 Å². The molecule has 0 saturated carbocycles. The van der Waals surface area contributed by atoms with Crippen LogP contribution < -0.4 is 0 Å². The Morgan fingerprint density at radius 1 is 1.46 bits per heavy atom. The Bertz CT molecular complexity index is 329. The Labute approximate surface area is 85.9 Å². The van der Waals surface area contributed by atoms with E-state index in [1.165, 1.54) is 0 Å². The van der Waals surface area contributed by atoms with E-state index >= 15 is 0 Å². The molecule has 3 heteroatoms. The van der Waals surface area contributed by atoms with Gasteiger partial charge in [-0.3, -0.25) is 0 Å². The molecule has 0 aromatic heterocycles. The molecule has 1 aromatic carbocycles. The number of halogens is 1. The zero-order valence-electron chi connectivity index (χ0n) is 7.42. The molecule has 0 unspecified atom stereocenters. The largest absolute Gasteiger partial charge is 0.249 e. The van der Waals surface area contributed by atoms with Gasteiger partial charge in [0.1, 0.15) is 0 Å². The first-order valence-electron chi connectivity index (χ1n) is 3.87. The van der Waals surface area contributed by atoms with Gasteiger partial charge in [-0.25, -0.2) is 4.21 Å². The van der Waals surface area contributed by atoms with Crippen molar-refractivity contribution < 1.29 is 4.21 Å². The molecule has 0 N–H and O–H groups in total. The van der Waals surface area contributed by atoms with E-state index in [-0.39, 0.29) is 5.88 Å². The molecule has 0 spiro atoms. The highest BCUT2D eigenvalue weighted by Crippen LogP contribution is 2.14. The highest BCUT2D eigenvalue weighted by Gasteiger charge is 2.05. The first-order chi connectivity index (χ1) is 6.15. The van der Waals surface area contributed by atoms with Gasteiger partial charge < -0.3 is 0 Å². The van der Waals surface area contributed by atoms with Crippen molar-refractivity contribution in [2.24, 2.45) is 0 Å². The summed E-state index contributed by atoms with van der Waals surface area (Å²) in [7, 11) is -1.16. The van der Waals surface area contributed by atoms with Gasteiger partial charge in [0.15, 0.2) is 0 Å². The molecular weight excluding hydrogens is 204 g/mol. The Balaban J connectivity index is 2.90. The van der Waals surface area contributed by atoms with E-state index in [9.17, 15) is 4.21 Å². The standard InChI is InChI=1S/C10H11ClOS/c1-8-3-5-10(6-4-8)13(12)9(2)7-11/h3-6H,2,7H2,1H3/t13-/m1/s1. The third kappa shape index (κ3) is 2.68. The molecule has 1 aromatic rings. The van der Waals surface area contributed by atoms with Crippen LogP contribution in [0, 0.1) is 6.92 Å². The predicted molar refractivity (Wildman–Crippen MR) is 57.4 cm³/mol. The van der Waals surface area contributed by atoms with Crippen molar-refractivity contribution in [1.29, 1.82) is 0 Å². The molecule has 70 valence electrons. The van der Waals surface area contributed by atoms with E-state index in [0.717, 1.165) is 10.5 Å². The highest BCUT2D eigenvalue weighted by molar-refractivity contribution is 7.89. The summed E-state index contributed by atoms with van der Waals surface area (Å²) >= 11 is 5.54. The van der Waals surface area contributed by atoms with Crippen LogP contribution in [-0.2, 0) is 10.8 Å². The van der Waals surface area contributed by atoms with Gasteiger partial charge in [0.2, 0.25) is 0 Å². The first kappa shape index (κ1) is 10.5. The van der Waals surface area contributed by atoms with Gasteiger partial charge in [-0.1, -0.05) is 24.3 Å². The molecular formula is C10H11ClOS. The summed E-state index contributed by atoms with van der Waals surface area (Å²) in [6.45, 7) is 5.63. The van der Waals surface area contributed by atoms with Crippen LogP contribution in [0.4, 0.5) is 0 Å². The molecule has 0 fully saturated rings. The van der Waals surface area contributed by atoms with E-state index in [1.807, 2.05) is 31.2 Å². The highest BCUT2D eigenvalue weighted by atomic mass is 35.5. The van der Waals surface area contributed by atoms with Gasteiger partial charge in [-0.2, -0.15) is 0 Å². The van der Waals surface area contributed by atoms with Crippen LogP contribution in [0.15, 0.2) is 40.6 Å². The zero-order valence-corrected chi connectivity index (χ0v) is 8.99. The number of hydrogen-bond acceptors (Lipinski definition) is 1. The van der Waals surface area contributed by atoms with E-state index in [1.54, 1.807) is 0 Å². The molecule has 0 bridgehead atoms. The number of aryl methyl sites for hydroxylation is 1. The molecule has 0 radical (unpaired) electrons. The molecule has 0 saturated heterocycles. The third-order valence-corrected chi connectivity index (χ3v) is 3.50. The predicted octanol–water partition coefficient (Wildman–Crippen LogP) is 2.86. The second-order valence-corrected chi connectivity index (χ2v) is 4.61. The van der Waals surface area contributed by atoms with Gasteiger partial charge in [0.25, 0.3) is 0 Å². The van der Waals surface area contributed by atoms with Gasteiger partial charge in [0.05, 0.1) is 16.7 Å². The van der Waals surface area contributed by atoms with Crippen LogP contribution in [0.3, 0.4) is 0 Å². The molecule has 1 atom stereocenters. The van der Waals surface area contributed by atoms with Crippen molar-refractivity contribution in [2.75, 3.05) is 5.88 Å². The fourth-order valence-electron chi connectivity index (χ4n) is 0.878. The van der Waals surface area contributed by atoms with Gasteiger partial charge in [0, 0.05) is 9.80 Å². The Morgan fingerprint density at radius 3 is 2.46 bits per heavy atom. The minimum absolute atomic E-state index is 0.237. The summed E-state index contributed by atoms with van der Waals surface area (Å²) in [4.78, 5) is 1.31. The fourth-order valence-corrected chi connectivity index (χ4v) is 1.99. The summed E-state index contributed by atoms with van der Waals surface area (Å²) in [6, 6.07) is 7.52. The van der Waals surface area contributed by atoms with Crippen LogP contribution in [0.5, 0.6) is 0 Å². The molecule has 13 heavy (non-hydrogen) atoms. The summed E-state index contributed by atoms with van der Waals surface area (Å²) < 4.78 is 11.6. The quantitative estimate of drug-likeness (QED) is 0.708. The van der Waals surface area contributed by atoms with Gasteiger partial charge in [-0.05, 0) is 19.1 Å². The average molecular weight is 215 g/mol. The average Bonchev–Trinajstić information content (AvgIpc) is 2.17. The van der Waals surface area contributed by atoms with Crippen LogP contribution in [0.1, 0.15) is 5.56 Å². The van der Waals surface area contributed by atoms with Crippen LogP contribution >= 0.6 is 11.6 Å². The monoisotopic (exact) mass is 214 g/mol. The second kappa shape index (κ2) is 4.58. The minimum atomic E-state index is -1.16. The molecule has 0 aliphatic carbocycles. The maximum atomic E-state index is 11.6. The number of alkyl halides is 1. The van der Waals surface area contributed by atoms with Crippen molar-refractivity contribution in [1.82, 2.24) is 0 Å². The number of benzene rings is 1. The van der Waals surface area contributed by atoms with E-state index in [2.05, 4.69) is 6.58 Å². The van der Waals surface area contributed by atoms with Crippen molar-refractivity contribution in [3.05, 3.63) is 41.3 Å². The summed E-state index contributed by atoms with van der Waals surface area (Å²) in [5, 5.41) is 0. The molecule has 0 aliphatic rings. The Kier molecular flexibility index (Phi) is 3.70. The number of rotatable bonds is 3. The van der Waals surface area contributed by atoms with E-state index < -0.39 is 10.8 Å². The minimum Gasteiger partial charge on any atom is -0.249 e. The fraction of sp³-hybridized carbons (Fsp3) is 0.200. The lowest BCUT2D eigenvalue weighted by Crippen LogP contribution is -1.95. The van der Waals surface area contributed by atoms with E-state index in [0.29, 0.717) is 4.91 Å². The third-order valence-electron chi connectivity index (χ3n) is 1.65. The summed E-state index contributed by atoms with van der Waals surface area (Å²) in [6.07, 6.45) is 0. The SMILES string of the molecule is C=C(CCl)[S@@](=O)c1ccc(C)cc1. The normalized spacial score (nSPS) is 12.5. The molecule has 0 aliphatic heterocycles. The van der Waals surface area contributed by atoms with Crippen LogP contribution in [0.2, 0.25) is 0 Å². The van der Waals surface area contributed by atoms with Gasteiger partial charge in [-0.15, -0.1) is 11.6 Å². The van der Waals surface area contributed by atoms with Crippen molar-refractivity contribution in [3.8, 4) is 0 Å². The van der Waals surface area contributed by atoms with Crippen molar-refractivity contribution in [3.63, 3.8) is 0 Å². The molecule has 0 amide bonds. The summed E-state index contributed by atoms with van der Waals surface area (Å²) in [5.41, 5.74) is 1.15. The summed E-state index contributed by atoms with van der Waals surface area (Å²) in [5.74, 6) is 0.237. The second-order valence-electron chi connectivity index (χ2n) is 2.75. The number of hydrogen-bond donors (Lipinski definition) is 0. The molecule has 1 rings (SSSR count). The maximum absolute atomic E-state index is 11.6. The van der Waals surface area contributed by atoms with Crippen LogP contribution in [-0.4, -0.2) is 10.1 Å². The Morgan fingerprint density at radius 2 is 2.00 bits per heavy atom. The number of allylic oxidation sites excluding steroid dienone is 1. The smallest absolute Gasteiger partial charge is 0.0814 e. The van der Waals surface area contributed by atoms with Crippen molar-refractivity contribution >= 4 is 22.4 Å². The Hall–Kier alpha value is -0.600. The first-order valence-corrected chi connectivity index (χ1v) is 5.56. The van der Waals surface area contributed by atoms with E-state index in [4.69, 9.17) is 11.6 Å². The molecule has 0 heterocycles.